The van der Waals surface area contributed by atoms with E-state index in [9.17, 15) is 18.0 Å². The van der Waals surface area contributed by atoms with Gasteiger partial charge >= 0.3 is 6.18 Å². The van der Waals surface area contributed by atoms with Crippen molar-refractivity contribution in [1.82, 2.24) is 0 Å². The number of ketones is 1. The second kappa shape index (κ2) is 6.30. The third-order valence-electron chi connectivity index (χ3n) is 4.91. The van der Waals surface area contributed by atoms with Gasteiger partial charge in [0.15, 0.2) is 5.78 Å². The second-order valence-electron chi connectivity index (χ2n) is 6.78. The number of rotatable bonds is 2. The van der Waals surface area contributed by atoms with E-state index in [1.54, 1.807) is 17.8 Å². The largest absolute Gasteiger partial charge is 0.418 e. The van der Waals surface area contributed by atoms with Crippen molar-refractivity contribution in [3.05, 3.63) is 70.6 Å². The molecule has 0 amide bonds. The lowest BCUT2D eigenvalue weighted by Gasteiger charge is -2.12. The highest BCUT2D eigenvalue weighted by molar-refractivity contribution is 8.05. The zero-order chi connectivity index (χ0) is 19.3. The average Bonchev–Trinajstić information content (AvgIpc) is 3.22. The van der Waals surface area contributed by atoms with Gasteiger partial charge in [0.2, 0.25) is 0 Å². The maximum Gasteiger partial charge on any atom is 0.418 e. The molecule has 1 aliphatic heterocycles. The van der Waals surface area contributed by atoms with Gasteiger partial charge in [-0.05, 0) is 41.0 Å². The molecule has 2 unspecified atom stereocenters. The van der Waals surface area contributed by atoms with Gasteiger partial charge in [0.05, 0.1) is 10.5 Å². The number of hydrogen-bond acceptors (Lipinski definition) is 3. The van der Waals surface area contributed by atoms with Gasteiger partial charge in [-0.2, -0.15) is 13.2 Å². The van der Waals surface area contributed by atoms with Crippen molar-refractivity contribution < 1.29 is 18.0 Å². The van der Waals surface area contributed by atoms with Gasteiger partial charge in [-0.15, -0.1) is 11.8 Å². The molecule has 2 fully saturated rings. The summed E-state index contributed by atoms with van der Waals surface area (Å²) in [4.78, 5) is 13.0. The van der Waals surface area contributed by atoms with Crippen LogP contribution < -0.4 is 5.73 Å². The number of allylic oxidation sites excluding steroid dienone is 1. The predicted octanol–water partition coefficient (Wildman–Crippen LogP) is 5.56. The molecule has 1 saturated heterocycles. The van der Waals surface area contributed by atoms with Crippen LogP contribution in [0.5, 0.6) is 0 Å². The van der Waals surface area contributed by atoms with Crippen LogP contribution in [0.4, 0.5) is 18.9 Å². The average molecular weight is 387 g/mol. The number of alkyl halides is 3. The van der Waals surface area contributed by atoms with Crippen LogP contribution in [0.3, 0.4) is 0 Å². The van der Waals surface area contributed by atoms with Gasteiger partial charge < -0.3 is 5.73 Å². The summed E-state index contributed by atoms with van der Waals surface area (Å²) in [5.74, 6) is 0.435. The molecule has 2 nitrogen and oxygen atoms in total. The Morgan fingerprint density at radius 3 is 2.59 bits per heavy atom. The first kappa shape index (κ1) is 17.9. The fourth-order valence-electron chi connectivity index (χ4n) is 3.32. The minimum atomic E-state index is -4.47. The van der Waals surface area contributed by atoms with E-state index in [4.69, 9.17) is 5.73 Å². The van der Waals surface area contributed by atoms with Crippen LogP contribution >= 0.6 is 11.8 Å². The molecule has 1 saturated carbocycles. The number of Topliss-reactive ketones (excluding diaryl/α,β-unsaturated/α-hetero) is 1. The fourth-order valence-corrected chi connectivity index (χ4v) is 4.69. The number of hydrogen-bond donors (Lipinski definition) is 1. The molecule has 2 aromatic carbocycles. The smallest absolute Gasteiger partial charge is 0.398 e. The van der Waals surface area contributed by atoms with E-state index in [2.05, 4.69) is 6.58 Å². The zero-order valence-corrected chi connectivity index (χ0v) is 15.0. The SMILES string of the molecule is C=C1C2CC(=O)/C(=C/c3cccc(-c4ccc(C(F)(F)F)c(N)c4)c3)SC12. The number of halogens is 3. The van der Waals surface area contributed by atoms with Gasteiger partial charge in [0.25, 0.3) is 0 Å². The van der Waals surface area contributed by atoms with Crippen molar-refractivity contribution in [2.24, 2.45) is 5.92 Å². The van der Waals surface area contributed by atoms with E-state index >= 15 is 0 Å². The van der Waals surface area contributed by atoms with E-state index in [0.717, 1.165) is 22.8 Å². The first-order valence-corrected chi connectivity index (χ1v) is 9.29. The Morgan fingerprint density at radius 1 is 1.15 bits per heavy atom. The first-order valence-electron chi connectivity index (χ1n) is 8.41. The van der Waals surface area contributed by atoms with Crippen molar-refractivity contribution in [3.8, 4) is 11.1 Å². The van der Waals surface area contributed by atoms with Crippen LogP contribution in [0.15, 0.2) is 59.5 Å². The summed E-state index contributed by atoms with van der Waals surface area (Å²) in [5.41, 5.74) is 7.74. The highest BCUT2D eigenvalue weighted by Gasteiger charge is 2.48. The topological polar surface area (TPSA) is 43.1 Å². The molecule has 138 valence electrons. The molecular formula is C21H16F3NOS. The Balaban J connectivity index is 1.63. The third-order valence-corrected chi connectivity index (χ3v) is 6.39. The maximum absolute atomic E-state index is 12.9. The van der Waals surface area contributed by atoms with E-state index in [-0.39, 0.29) is 11.5 Å². The van der Waals surface area contributed by atoms with Crippen molar-refractivity contribution >= 4 is 29.3 Å². The normalized spacial score (nSPS) is 23.4. The quantitative estimate of drug-likeness (QED) is 0.417. The monoisotopic (exact) mass is 387 g/mol. The molecule has 2 atom stereocenters. The lowest BCUT2D eigenvalue weighted by Crippen LogP contribution is -2.08. The number of nitrogens with two attached hydrogens (primary N) is 1. The number of thioether (sulfide) groups is 1. The number of carbonyl (C=O) groups excluding carboxylic acids is 1. The van der Waals surface area contributed by atoms with Crippen LogP contribution in [-0.4, -0.2) is 11.0 Å². The van der Waals surface area contributed by atoms with Gasteiger partial charge in [0.1, 0.15) is 0 Å². The molecular weight excluding hydrogens is 371 g/mol. The number of fused-ring (bicyclic) bond motifs is 1. The van der Waals surface area contributed by atoms with E-state index in [0.29, 0.717) is 28.1 Å². The number of benzene rings is 2. The number of nitrogen functional groups attached to an aromatic ring is 1. The van der Waals surface area contributed by atoms with Crippen LogP contribution in [0.25, 0.3) is 17.2 Å². The molecule has 27 heavy (non-hydrogen) atoms. The number of carbonyl (C=O) groups is 1. The van der Waals surface area contributed by atoms with Crippen LogP contribution in [0, 0.1) is 5.92 Å². The van der Waals surface area contributed by atoms with E-state index in [1.165, 1.54) is 12.1 Å². The van der Waals surface area contributed by atoms with Gasteiger partial charge in [-0.1, -0.05) is 36.4 Å². The summed E-state index contributed by atoms with van der Waals surface area (Å²) in [6.45, 7) is 3.98. The molecule has 1 heterocycles. The fraction of sp³-hybridized carbons (Fsp3) is 0.190. The van der Waals surface area contributed by atoms with Crippen LogP contribution in [-0.2, 0) is 11.0 Å². The van der Waals surface area contributed by atoms with E-state index in [1.807, 2.05) is 24.3 Å². The minimum Gasteiger partial charge on any atom is -0.398 e. The lowest BCUT2D eigenvalue weighted by atomic mass is 10.00. The third kappa shape index (κ3) is 3.41. The van der Waals surface area contributed by atoms with Crippen molar-refractivity contribution in [2.45, 2.75) is 17.8 Å². The molecule has 6 heteroatoms. The zero-order valence-electron chi connectivity index (χ0n) is 14.2. The Bertz CT molecular complexity index is 993. The highest BCUT2D eigenvalue weighted by atomic mass is 32.2. The summed E-state index contributed by atoms with van der Waals surface area (Å²) < 4.78 is 38.6. The van der Waals surface area contributed by atoms with Crippen LogP contribution in [0.1, 0.15) is 17.5 Å². The molecule has 2 N–H and O–H groups in total. The molecule has 0 spiro atoms. The Labute approximate surface area is 159 Å². The molecule has 2 aliphatic rings. The molecule has 4 rings (SSSR count). The minimum absolute atomic E-state index is 0.115. The summed E-state index contributed by atoms with van der Waals surface area (Å²) >= 11 is 1.55. The molecule has 0 bridgehead atoms. The highest BCUT2D eigenvalue weighted by Crippen LogP contribution is 2.56. The molecule has 2 aromatic rings. The summed E-state index contributed by atoms with van der Waals surface area (Å²) in [6.07, 6.45) is -2.12. The van der Waals surface area contributed by atoms with E-state index < -0.39 is 11.7 Å². The van der Waals surface area contributed by atoms with Gasteiger partial charge in [0, 0.05) is 23.3 Å². The standard InChI is InChI=1S/C21H16F3NOS/c1-11-15-10-18(26)19(27-20(11)15)8-12-3-2-4-13(7-12)14-5-6-16(17(25)9-14)21(22,23)24/h2-9,15,20H,1,10,25H2/b19-8-. The number of anilines is 1. The van der Waals surface area contributed by atoms with Crippen molar-refractivity contribution in [2.75, 3.05) is 5.73 Å². The summed E-state index contributed by atoms with van der Waals surface area (Å²) in [7, 11) is 0. The summed E-state index contributed by atoms with van der Waals surface area (Å²) in [6, 6.07) is 11.1. The van der Waals surface area contributed by atoms with Gasteiger partial charge in [-0.3, -0.25) is 4.79 Å². The Morgan fingerprint density at radius 2 is 1.89 bits per heavy atom. The summed E-state index contributed by atoms with van der Waals surface area (Å²) in [5, 5.41) is 0.340. The second-order valence-corrected chi connectivity index (χ2v) is 7.96. The molecule has 1 aliphatic carbocycles. The van der Waals surface area contributed by atoms with Gasteiger partial charge in [-0.25, -0.2) is 0 Å². The van der Waals surface area contributed by atoms with Crippen LogP contribution in [0.2, 0.25) is 0 Å². The maximum atomic E-state index is 12.9. The molecule has 0 radical (unpaired) electrons. The lowest BCUT2D eigenvalue weighted by molar-refractivity contribution is -0.136. The van der Waals surface area contributed by atoms with Crippen molar-refractivity contribution in [1.29, 1.82) is 0 Å². The Hall–Kier alpha value is -2.47. The molecule has 0 aromatic heterocycles. The Kier molecular flexibility index (Phi) is 4.18. The first-order chi connectivity index (χ1) is 12.7. The predicted molar refractivity (Wildman–Crippen MR) is 103 cm³/mol. The van der Waals surface area contributed by atoms with Crippen molar-refractivity contribution in [3.63, 3.8) is 0 Å².